The van der Waals surface area contributed by atoms with E-state index in [1.54, 1.807) is 12.2 Å². The summed E-state index contributed by atoms with van der Waals surface area (Å²) in [5, 5.41) is 28.8. The van der Waals surface area contributed by atoms with Crippen LogP contribution in [-0.2, 0) is 14.4 Å². The highest BCUT2D eigenvalue weighted by atomic mass is 16.3. The summed E-state index contributed by atoms with van der Waals surface area (Å²) in [5.74, 6) is 0.225. The van der Waals surface area contributed by atoms with Gasteiger partial charge in [0.1, 0.15) is 0 Å². The molecule has 1 saturated heterocycles. The molecule has 0 radical (unpaired) electrons. The van der Waals surface area contributed by atoms with Crippen LogP contribution >= 0.6 is 0 Å². The minimum Gasteiger partial charge on any atom is -0.396 e. The van der Waals surface area contributed by atoms with Crippen molar-refractivity contribution in [1.82, 2.24) is 5.32 Å². The number of aliphatic hydroxyl groups excluding tert-OH is 3. The zero-order chi connectivity index (χ0) is 25.4. The van der Waals surface area contributed by atoms with Crippen molar-refractivity contribution in [3.63, 3.8) is 0 Å². The summed E-state index contributed by atoms with van der Waals surface area (Å²) in [5.41, 5.74) is -0.611. The topological polar surface area (TPSA) is 149 Å². The van der Waals surface area contributed by atoms with Crippen molar-refractivity contribution >= 4 is 18.1 Å². The number of hydrogen-bond acceptors (Lipinski definition) is 8. The van der Waals surface area contributed by atoms with E-state index in [9.17, 15) is 14.4 Å². The van der Waals surface area contributed by atoms with Gasteiger partial charge in [-0.25, -0.2) is 19.6 Å². The molecule has 1 aliphatic heterocycles. The molecule has 0 aromatic carbocycles. The molecule has 33 heavy (non-hydrogen) atoms. The van der Waals surface area contributed by atoms with E-state index in [4.69, 9.17) is 15.3 Å². The number of aliphatic imine (C=N–C) groups is 2. The minimum atomic E-state index is -0.667. The Kier molecular flexibility index (Phi) is 15.0. The van der Waals surface area contributed by atoms with E-state index in [0.29, 0.717) is 13.0 Å². The Morgan fingerprint density at radius 3 is 2.15 bits per heavy atom. The van der Waals surface area contributed by atoms with Crippen molar-refractivity contribution in [2.24, 2.45) is 26.2 Å². The van der Waals surface area contributed by atoms with Gasteiger partial charge in [-0.15, -0.1) is 0 Å². The molecule has 0 aromatic rings. The van der Waals surface area contributed by atoms with E-state index in [1.807, 2.05) is 6.92 Å². The molecular weight excluding hydrogens is 426 g/mol. The Morgan fingerprint density at radius 1 is 1.03 bits per heavy atom. The second-order valence-electron chi connectivity index (χ2n) is 10.3. The Balaban J connectivity index is 0.000000510. The molecule has 1 aliphatic carbocycles. The molecule has 2 unspecified atom stereocenters. The molecule has 0 bridgehead atoms. The third-order valence-corrected chi connectivity index (χ3v) is 6.34. The second-order valence-corrected chi connectivity index (χ2v) is 10.3. The third kappa shape index (κ3) is 12.8. The van der Waals surface area contributed by atoms with Crippen LogP contribution in [0.5, 0.6) is 0 Å². The fourth-order valence-corrected chi connectivity index (χ4v) is 4.48. The molecule has 2 fully saturated rings. The van der Waals surface area contributed by atoms with Crippen LogP contribution in [0.2, 0.25) is 0 Å². The molecule has 4 N–H and O–H groups in total. The molecule has 0 spiro atoms. The highest BCUT2D eigenvalue weighted by Crippen LogP contribution is 2.47. The first-order chi connectivity index (χ1) is 15.5. The molecular formula is C24H43N3O6. The fourth-order valence-electron chi connectivity index (χ4n) is 4.48. The number of hydrogen-bond donors (Lipinski definition) is 4. The lowest BCUT2D eigenvalue weighted by molar-refractivity contribution is -0.120. The van der Waals surface area contributed by atoms with Crippen molar-refractivity contribution in [3.05, 3.63) is 0 Å². The Morgan fingerprint density at radius 2 is 1.67 bits per heavy atom. The summed E-state index contributed by atoms with van der Waals surface area (Å²) in [6.45, 7) is 9.10. The first-order valence-corrected chi connectivity index (χ1v) is 11.7. The molecule has 9 nitrogen and oxygen atoms in total. The summed E-state index contributed by atoms with van der Waals surface area (Å²) in [4.78, 5) is 38.6. The van der Waals surface area contributed by atoms with Gasteiger partial charge in [-0.05, 0) is 49.4 Å². The molecule has 1 amide bonds. The Labute approximate surface area is 197 Å². The van der Waals surface area contributed by atoms with Crippen LogP contribution in [0.1, 0.15) is 79.1 Å². The van der Waals surface area contributed by atoms with Crippen molar-refractivity contribution in [2.75, 3.05) is 32.9 Å². The maximum Gasteiger partial charge on any atom is 0.235 e. The number of carbonyl (C=O) groups excluding carboxylic acids is 3. The van der Waals surface area contributed by atoms with E-state index >= 15 is 0 Å². The molecule has 2 rings (SSSR count). The average molecular weight is 470 g/mol. The highest BCUT2D eigenvalue weighted by Gasteiger charge is 2.41. The van der Waals surface area contributed by atoms with Gasteiger partial charge in [0.15, 0.2) is 0 Å². The van der Waals surface area contributed by atoms with Crippen LogP contribution in [-0.4, -0.2) is 72.3 Å². The predicted octanol–water partition coefficient (Wildman–Crippen LogP) is 2.28. The van der Waals surface area contributed by atoms with Crippen molar-refractivity contribution in [3.8, 4) is 0 Å². The third-order valence-electron chi connectivity index (χ3n) is 6.34. The molecule has 2 aliphatic rings. The first-order valence-electron chi connectivity index (χ1n) is 11.7. The van der Waals surface area contributed by atoms with Crippen molar-refractivity contribution in [1.29, 1.82) is 0 Å². The predicted molar refractivity (Wildman–Crippen MR) is 126 cm³/mol. The lowest BCUT2D eigenvalue weighted by atomic mass is 9.63. The highest BCUT2D eigenvalue weighted by molar-refractivity contribution is 5.75. The summed E-state index contributed by atoms with van der Waals surface area (Å²) in [6, 6.07) is 0.00750. The normalized spacial score (nSPS) is 24.2. The maximum absolute atomic E-state index is 10.6. The van der Waals surface area contributed by atoms with E-state index in [0.717, 1.165) is 45.1 Å². The van der Waals surface area contributed by atoms with Gasteiger partial charge in [0.2, 0.25) is 18.1 Å². The molecule has 9 heteroatoms. The van der Waals surface area contributed by atoms with Gasteiger partial charge in [0, 0.05) is 18.4 Å². The summed E-state index contributed by atoms with van der Waals surface area (Å²) in [6.07, 6.45) is 10.7. The number of nitrogens with one attached hydrogen (secondary N) is 1. The van der Waals surface area contributed by atoms with Gasteiger partial charge >= 0.3 is 0 Å². The van der Waals surface area contributed by atoms with Gasteiger partial charge in [-0.1, -0.05) is 34.1 Å². The molecule has 0 aromatic heterocycles. The van der Waals surface area contributed by atoms with Crippen molar-refractivity contribution in [2.45, 2.75) is 85.1 Å². The second kappa shape index (κ2) is 15.9. The maximum atomic E-state index is 10.6. The Bertz CT molecular complexity index is 640. The van der Waals surface area contributed by atoms with E-state index in [1.165, 1.54) is 6.42 Å². The summed E-state index contributed by atoms with van der Waals surface area (Å²) >= 11 is 0. The minimum absolute atomic E-state index is 0.00750. The lowest BCUT2D eigenvalue weighted by Crippen LogP contribution is -2.39. The van der Waals surface area contributed by atoms with Gasteiger partial charge in [0.05, 0.1) is 32.4 Å². The standard InChI is InChI=1S/C12H18N2O2.C6H11NO.C6H14O3/c1-11(2)4-10(14-9-16)5-12(3,6-11)7-13-8-15;8-6-4-2-1-3-5-7-6;1-2-6(3-7,4-8)5-9/h10H,4-7H2,1-3H3;1-5H2,(H,7,8);7-9H,2-5H2,1H3. The first kappa shape index (κ1) is 31.1. The van der Waals surface area contributed by atoms with Gasteiger partial charge in [0.25, 0.3) is 0 Å². The Hall–Kier alpha value is -1.89. The largest absolute Gasteiger partial charge is 0.396 e. The zero-order valence-corrected chi connectivity index (χ0v) is 20.7. The van der Waals surface area contributed by atoms with Gasteiger partial charge < -0.3 is 20.6 Å². The molecule has 1 saturated carbocycles. The monoisotopic (exact) mass is 469 g/mol. The molecule has 190 valence electrons. The average Bonchev–Trinajstić information content (AvgIpc) is 3.02. The van der Waals surface area contributed by atoms with Crippen LogP contribution < -0.4 is 5.32 Å². The van der Waals surface area contributed by atoms with Gasteiger partial charge in [-0.2, -0.15) is 0 Å². The van der Waals surface area contributed by atoms with Gasteiger partial charge in [-0.3, -0.25) is 4.79 Å². The number of amides is 1. The summed E-state index contributed by atoms with van der Waals surface area (Å²) in [7, 11) is 0. The van der Waals surface area contributed by atoms with E-state index in [-0.39, 0.29) is 42.6 Å². The number of aliphatic hydroxyl groups is 3. The zero-order valence-electron chi connectivity index (χ0n) is 20.7. The van der Waals surface area contributed by atoms with Crippen LogP contribution in [0.3, 0.4) is 0 Å². The lowest BCUT2D eigenvalue weighted by Gasteiger charge is -2.44. The van der Waals surface area contributed by atoms with Crippen LogP contribution in [0.15, 0.2) is 9.98 Å². The molecule has 2 atom stereocenters. The number of carbonyl (C=O) groups is 1. The SMILES string of the molecule is CC1(C)CC(N=C=O)CC(C)(CN=C=O)C1.CCC(CO)(CO)CO.O=C1CCCCCN1. The quantitative estimate of drug-likeness (QED) is 0.332. The summed E-state index contributed by atoms with van der Waals surface area (Å²) < 4.78 is 0. The van der Waals surface area contributed by atoms with Crippen molar-refractivity contribution < 1.29 is 29.7 Å². The van der Waals surface area contributed by atoms with Crippen LogP contribution in [0.4, 0.5) is 0 Å². The van der Waals surface area contributed by atoms with Crippen LogP contribution in [0, 0.1) is 16.2 Å². The molecule has 1 heterocycles. The van der Waals surface area contributed by atoms with E-state index in [2.05, 4.69) is 36.1 Å². The number of rotatable bonds is 7. The number of isocyanates is 2. The fraction of sp³-hybridized carbons (Fsp3) is 0.875. The smallest absolute Gasteiger partial charge is 0.235 e. The van der Waals surface area contributed by atoms with Crippen LogP contribution in [0.25, 0.3) is 0 Å². The number of nitrogens with zero attached hydrogens (tertiary/aromatic N) is 2. The van der Waals surface area contributed by atoms with E-state index < -0.39 is 5.41 Å².